The monoisotopic (exact) mass is 500 g/mol. The number of thiocarbonyl (C=S) groups is 2. The summed E-state index contributed by atoms with van der Waals surface area (Å²) in [6.07, 6.45) is 9.62. The first-order valence-corrected chi connectivity index (χ1v) is 11.5. The van der Waals surface area contributed by atoms with Gasteiger partial charge in [0.2, 0.25) is 0 Å². The Hall–Kier alpha value is 0.583. The Labute approximate surface area is 204 Å². The molecular weight excluding hydrogens is 462 g/mol. The molecule has 0 fully saturated rings. The molecule has 27 heavy (non-hydrogen) atoms. The topological polar surface area (TPSA) is 6.48 Å². The summed E-state index contributed by atoms with van der Waals surface area (Å²) >= 11 is 19.9. The van der Waals surface area contributed by atoms with Crippen LogP contribution in [0.3, 0.4) is 0 Å². The average molecular weight is 502 g/mol. The van der Waals surface area contributed by atoms with Crippen molar-refractivity contribution in [3.05, 3.63) is 13.2 Å². The number of rotatable bonds is 12. The van der Waals surface area contributed by atoms with Gasteiger partial charge in [-0.25, -0.2) is 0 Å². The van der Waals surface area contributed by atoms with Gasteiger partial charge in [-0.15, -0.1) is 13.2 Å². The zero-order valence-electron chi connectivity index (χ0n) is 18.1. The summed E-state index contributed by atoms with van der Waals surface area (Å²) in [5.74, 6) is 0. The van der Waals surface area contributed by atoms with E-state index in [0.717, 1.165) is 26.2 Å². The first-order chi connectivity index (χ1) is 12.4. The maximum absolute atomic E-state index is 4.98. The predicted molar refractivity (Wildman–Crippen MR) is 134 cm³/mol. The average Bonchev–Trinajstić information content (AvgIpc) is 2.63. The molecule has 0 unspecified atom stereocenters. The molecule has 0 spiro atoms. The molecule has 0 amide bonds. The van der Waals surface area contributed by atoms with Crippen molar-refractivity contribution in [2.75, 3.05) is 26.2 Å². The van der Waals surface area contributed by atoms with E-state index in [9.17, 15) is 0 Å². The zero-order chi connectivity index (χ0) is 20.8. The minimum Gasteiger partial charge on any atom is -0.411 e. The van der Waals surface area contributed by atoms with E-state index < -0.39 is 0 Å². The second kappa shape index (κ2) is 28.8. The van der Waals surface area contributed by atoms with Crippen molar-refractivity contribution in [1.82, 2.24) is 9.80 Å². The molecule has 0 radical (unpaired) electrons. The molecule has 0 rings (SSSR count). The van der Waals surface area contributed by atoms with Crippen LogP contribution in [0.2, 0.25) is 0 Å². The fraction of sp³-hybridized carbons (Fsp3) is 0.800. The predicted octanol–water partition coefficient (Wildman–Crippen LogP) is 6.24. The summed E-state index contributed by atoms with van der Waals surface area (Å²) in [5.41, 5.74) is 0. The number of hydrogen-bond donors (Lipinski definition) is 0. The number of hydrogen-bond acceptors (Lipinski definition) is 4. The van der Waals surface area contributed by atoms with Crippen LogP contribution in [0.15, 0.2) is 13.2 Å². The van der Waals surface area contributed by atoms with E-state index in [4.69, 9.17) is 49.7 Å². The molecule has 0 heterocycles. The van der Waals surface area contributed by atoms with Gasteiger partial charge in [-0.3, -0.25) is 0 Å². The van der Waals surface area contributed by atoms with E-state index in [1.54, 1.807) is 0 Å². The van der Waals surface area contributed by atoms with Crippen molar-refractivity contribution in [3.63, 3.8) is 0 Å². The molecule has 0 aliphatic carbocycles. The van der Waals surface area contributed by atoms with Crippen molar-refractivity contribution in [1.29, 1.82) is 0 Å². The summed E-state index contributed by atoms with van der Waals surface area (Å²) in [7, 11) is 0. The molecule has 0 saturated carbocycles. The summed E-state index contributed by atoms with van der Waals surface area (Å²) in [6, 6.07) is 0. The van der Waals surface area contributed by atoms with Crippen LogP contribution in [0, 0.1) is 0 Å². The SMILES string of the molecule is C=C.CCCCN(CCCC)C(=S)[S-].CCCCN(CCCC)C(=S)[S-].[Zn+2]. The Morgan fingerprint density at radius 1 is 0.630 bits per heavy atom. The van der Waals surface area contributed by atoms with Crippen molar-refractivity contribution < 1.29 is 19.5 Å². The van der Waals surface area contributed by atoms with Gasteiger partial charge in [0.25, 0.3) is 0 Å². The van der Waals surface area contributed by atoms with E-state index >= 15 is 0 Å². The number of nitrogens with zero attached hydrogens (tertiary/aromatic N) is 2. The van der Waals surface area contributed by atoms with E-state index in [-0.39, 0.29) is 19.5 Å². The van der Waals surface area contributed by atoms with Crippen LogP contribution in [0.5, 0.6) is 0 Å². The first-order valence-electron chi connectivity index (χ1n) is 9.86. The van der Waals surface area contributed by atoms with Gasteiger partial charge in [0.05, 0.1) is 0 Å². The quantitative estimate of drug-likeness (QED) is 0.134. The van der Waals surface area contributed by atoms with Crippen molar-refractivity contribution >= 4 is 58.3 Å². The molecule has 0 aromatic rings. The Morgan fingerprint density at radius 3 is 0.926 bits per heavy atom. The summed E-state index contributed by atoms with van der Waals surface area (Å²) in [5, 5.41) is 0. The molecule has 0 N–H and O–H groups in total. The fourth-order valence-electron chi connectivity index (χ4n) is 1.98. The maximum Gasteiger partial charge on any atom is 2.00 e. The normalized spacial score (nSPS) is 8.89. The van der Waals surface area contributed by atoms with Gasteiger partial charge in [0, 0.05) is 26.2 Å². The fourth-order valence-corrected chi connectivity index (χ4v) is 2.71. The van der Waals surface area contributed by atoms with Crippen molar-refractivity contribution in [2.45, 2.75) is 79.1 Å². The molecule has 0 atom stereocenters. The van der Waals surface area contributed by atoms with Gasteiger partial charge in [-0.1, -0.05) is 62.0 Å². The summed E-state index contributed by atoms with van der Waals surface area (Å²) in [4.78, 5) is 4.27. The maximum atomic E-state index is 4.98. The van der Waals surface area contributed by atoms with E-state index in [1.807, 2.05) is 0 Å². The van der Waals surface area contributed by atoms with Gasteiger partial charge in [0.1, 0.15) is 0 Å². The molecule has 0 saturated heterocycles. The van der Waals surface area contributed by atoms with E-state index in [0.29, 0.717) is 8.64 Å². The number of unbranched alkanes of at least 4 members (excludes halogenated alkanes) is 4. The van der Waals surface area contributed by atoms with Crippen molar-refractivity contribution in [2.24, 2.45) is 0 Å². The van der Waals surface area contributed by atoms with Crippen LogP contribution in [0.25, 0.3) is 0 Å². The second-order valence-electron chi connectivity index (χ2n) is 5.92. The standard InChI is InChI=1S/2C9H19NS2.C2H4.Zn/c2*1-3-5-7-10(9(11)12)8-6-4-2;1-2;/h2*3-8H2,1-2H3,(H,11,12);1-2H2;/q;;;+2/p-2. The second-order valence-corrected chi connectivity index (χ2v) is 7.98. The Morgan fingerprint density at radius 2 is 0.815 bits per heavy atom. The zero-order valence-corrected chi connectivity index (χ0v) is 24.4. The van der Waals surface area contributed by atoms with Gasteiger partial charge in [-0.05, 0) is 25.7 Å². The van der Waals surface area contributed by atoms with Crippen LogP contribution < -0.4 is 0 Å². The van der Waals surface area contributed by atoms with Gasteiger partial charge in [-0.2, -0.15) is 0 Å². The molecule has 0 aromatic carbocycles. The van der Waals surface area contributed by atoms with E-state index in [2.05, 4.69) is 50.7 Å². The van der Waals surface area contributed by atoms with Crippen LogP contribution in [-0.2, 0) is 44.7 Å². The molecule has 0 aliphatic rings. The minimum absolute atomic E-state index is 0. The Bertz CT molecular complexity index is 285. The Kier molecular flexibility index (Phi) is 37.4. The summed E-state index contributed by atoms with van der Waals surface area (Å²) in [6.45, 7) is 18.9. The molecule has 2 nitrogen and oxygen atoms in total. The van der Waals surface area contributed by atoms with Crippen LogP contribution in [0.4, 0.5) is 0 Å². The summed E-state index contributed by atoms with van der Waals surface area (Å²) < 4.78 is 1.27. The molecule has 7 heteroatoms. The third-order valence-electron chi connectivity index (χ3n) is 3.64. The van der Waals surface area contributed by atoms with E-state index in [1.165, 1.54) is 51.4 Å². The largest absolute Gasteiger partial charge is 2.00 e. The third-order valence-corrected chi connectivity index (χ3v) is 4.68. The van der Waals surface area contributed by atoms with Crippen molar-refractivity contribution in [3.8, 4) is 0 Å². The molecule has 156 valence electrons. The molecular formula is C20H40N2S4Zn. The molecule has 0 bridgehead atoms. The molecule has 0 aromatic heterocycles. The Balaban J connectivity index is -0.000000173. The first kappa shape index (κ1) is 35.0. The van der Waals surface area contributed by atoms with Gasteiger partial charge in [0.15, 0.2) is 0 Å². The van der Waals surface area contributed by atoms with Gasteiger partial charge >= 0.3 is 19.5 Å². The van der Waals surface area contributed by atoms with Crippen LogP contribution >= 0.6 is 24.4 Å². The minimum atomic E-state index is 0. The van der Waals surface area contributed by atoms with Crippen LogP contribution in [0.1, 0.15) is 79.1 Å². The third kappa shape index (κ3) is 26.6. The smallest absolute Gasteiger partial charge is 0.411 e. The molecule has 0 aliphatic heterocycles. The van der Waals surface area contributed by atoms with Crippen LogP contribution in [-0.4, -0.2) is 44.6 Å². The van der Waals surface area contributed by atoms with Gasteiger partial charge < -0.3 is 59.5 Å².